The van der Waals surface area contributed by atoms with Crippen molar-refractivity contribution in [3.63, 3.8) is 0 Å². The Morgan fingerprint density at radius 3 is 2.64 bits per heavy atom. The molecule has 0 bridgehead atoms. The number of hydrogen-bond donors (Lipinski definition) is 3. The molecule has 3 N–H and O–H groups in total. The molecular weight excluding hydrogens is 396 g/mol. The summed E-state index contributed by atoms with van der Waals surface area (Å²) in [6, 6.07) is -0.514. The fourth-order valence-electron chi connectivity index (χ4n) is 2.60. The molecule has 2 rings (SSSR count). The molecule has 2 heterocycles. The number of carbonyl (C=O) groups is 2. The van der Waals surface area contributed by atoms with Gasteiger partial charge in [-0.15, -0.1) is 11.3 Å². The predicted octanol–water partition coefficient (Wildman–Crippen LogP) is 3.46. The van der Waals surface area contributed by atoms with Crippen LogP contribution in [0.5, 0.6) is 0 Å². The zero-order chi connectivity index (χ0) is 20.8. The van der Waals surface area contributed by atoms with Crippen molar-refractivity contribution in [1.82, 2.24) is 20.6 Å². The standard InChI is InChI=1S/C19H28N4O3S2/c1-6-11(4)7-13-12(5)28-17-15(13)16(25)22-19(23-17)27-9-14(24)21-18(26)20-8-10(2)3/h10-11H,6-9H2,1-5H3,(H,22,23,25)(H2,20,21,24,26). The number of H-pyrrole nitrogens is 1. The minimum atomic E-state index is -0.514. The highest BCUT2D eigenvalue weighted by atomic mass is 32.2. The molecule has 28 heavy (non-hydrogen) atoms. The van der Waals surface area contributed by atoms with Crippen LogP contribution in [0.2, 0.25) is 0 Å². The Kier molecular flexibility index (Phi) is 8.06. The number of nitrogens with zero attached hydrogens (tertiary/aromatic N) is 1. The smallest absolute Gasteiger partial charge is 0.321 e. The van der Waals surface area contributed by atoms with E-state index in [0.29, 0.717) is 33.8 Å². The maximum atomic E-state index is 12.6. The minimum absolute atomic E-state index is 0.00632. The Labute approximate surface area is 173 Å². The van der Waals surface area contributed by atoms with Crippen LogP contribution >= 0.6 is 23.1 Å². The van der Waals surface area contributed by atoms with Crippen molar-refractivity contribution in [2.24, 2.45) is 11.8 Å². The van der Waals surface area contributed by atoms with E-state index in [1.807, 2.05) is 20.8 Å². The van der Waals surface area contributed by atoms with Gasteiger partial charge in [-0.1, -0.05) is 45.9 Å². The van der Waals surface area contributed by atoms with Crippen LogP contribution in [-0.4, -0.2) is 34.2 Å². The summed E-state index contributed by atoms with van der Waals surface area (Å²) in [7, 11) is 0. The number of aryl methyl sites for hydroxylation is 1. The van der Waals surface area contributed by atoms with E-state index in [1.54, 1.807) is 0 Å². The van der Waals surface area contributed by atoms with Crippen molar-refractivity contribution in [2.75, 3.05) is 12.3 Å². The van der Waals surface area contributed by atoms with Crippen molar-refractivity contribution >= 4 is 45.3 Å². The van der Waals surface area contributed by atoms with Gasteiger partial charge in [0.1, 0.15) is 4.83 Å². The summed E-state index contributed by atoms with van der Waals surface area (Å²) >= 11 is 2.61. The molecule has 3 amide bonds. The van der Waals surface area contributed by atoms with Crippen molar-refractivity contribution in [2.45, 2.75) is 52.6 Å². The Morgan fingerprint density at radius 2 is 2.00 bits per heavy atom. The average Bonchev–Trinajstić information content (AvgIpc) is 2.93. The zero-order valence-electron chi connectivity index (χ0n) is 17.0. The number of carbonyl (C=O) groups excluding carboxylic acids is 2. The van der Waals surface area contributed by atoms with Gasteiger partial charge in [-0.2, -0.15) is 0 Å². The third kappa shape index (κ3) is 6.07. The topological polar surface area (TPSA) is 104 Å². The van der Waals surface area contributed by atoms with Gasteiger partial charge in [0.05, 0.1) is 11.1 Å². The molecule has 0 fully saturated rings. The van der Waals surface area contributed by atoms with Crippen LogP contribution in [0.3, 0.4) is 0 Å². The number of fused-ring (bicyclic) bond motifs is 1. The summed E-state index contributed by atoms with van der Waals surface area (Å²) in [5.74, 6) is 0.355. The summed E-state index contributed by atoms with van der Waals surface area (Å²) in [4.78, 5) is 45.2. The maximum absolute atomic E-state index is 12.6. The summed E-state index contributed by atoms with van der Waals surface area (Å²) in [5, 5.41) is 5.93. The lowest BCUT2D eigenvalue weighted by atomic mass is 9.98. The molecule has 0 radical (unpaired) electrons. The summed E-state index contributed by atoms with van der Waals surface area (Å²) in [6.45, 7) is 10.8. The summed E-state index contributed by atoms with van der Waals surface area (Å²) in [5.41, 5.74) is 0.893. The first-order valence-electron chi connectivity index (χ1n) is 9.44. The van der Waals surface area contributed by atoms with Gasteiger partial charge in [0.15, 0.2) is 5.16 Å². The second-order valence-electron chi connectivity index (χ2n) is 7.35. The fourth-order valence-corrected chi connectivity index (χ4v) is 4.37. The van der Waals surface area contributed by atoms with E-state index in [-0.39, 0.29) is 11.3 Å². The number of nitrogens with one attached hydrogen (secondary N) is 3. The van der Waals surface area contributed by atoms with Gasteiger partial charge < -0.3 is 10.3 Å². The number of rotatable bonds is 8. The van der Waals surface area contributed by atoms with Gasteiger partial charge in [0, 0.05) is 11.4 Å². The third-order valence-electron chi connectivity index (χ3n) is 4.35. The number of urea groups is 1. The molecule has 7 nitrogen and oxygen atoms in total. The molecule has 0 saturated carbocycles. The minimum Gasteiger partial charge on any atom is -0.338 e. The second kappa shape index (κ2) is 10.1. The SMILES string of the molecule is CCC(C)Cc1c(C)sc2nc(SCC(=O)NC(=O)NCC(C)C)[nH]c(=O)c12. The quantitative estimate of drug-likeness (QED) is 0.445. The molecule has 0 aromatic carbocycles. The molecule has 0 aliphatic rings. The van der Waals surface area contributed by atoms with E-state index in [0.717, 1.165) is 35.0 Å². The van der Waals surface area contributed by atoms with E-state index in [2.05, 4.69) is 34.4 Å². The molecule has 0 aliphatic heterocycles. The van der Waals surface area contributed by atoms with Crippen LogP contribution in [-0.2, 0) is 11.2 Å². The van der Waals surface area contributed by atoms with E-state index < -0.39 is 11.9 Å². The number of aromatic nitrogens is 2. The van der Waals surface area contributed by atoms with Crippen molar-refractivity contribution in [1.29, 1.82) is 0 Å². The Bertz CT molecular complexity index is 904. The van der Waals surface area contributed by atoms with Crippen LogP contribution in [0.25, 0.3) is 10.2 Å². The Balaban J connectivity index is 2.05. The van der Waals surface area contributed by atoms with Crippen LogP contribution in [0.1, 0.15) is 44.6 Å². The molecule has 0 aliphatic carbocycles. The zero-order valence-corrected chi connectivity index (χ0v) is 18.6. The van der Waals surface area contributed by atoms with Crippen LogP contribution in [0.4, 0.5) is 4.79 Å². The lowest BCUT2D eigenvalue weighted by Crippen LogP contribution is -2.41. The molecule has 2 aromatic rings. The number of imide groups is 1. The van der Waals surface area contributed by atoms with E-state index >= 15 is 0 Å². The molecule has 2 aromatic heterocycles. The van der Waals surface area contributed by atoms with Gasteiger partial charge in [-0.3, -0.25) is 14.9 Å². The Hall–Kier alpha value is -1.87. The molecule has 1 atom stereocenters. The monoisotopic (exact) mass is 424 g/mol. The number of aromatic amines is 1. The number of amides is 3. The largest absolute Gasteiger partial charge is 0.338 e. The number of thiophene rings is 1. The molecule has 9 heteroatoms. The normalized spacial score (nSPS) is 12.4. The van der Waals surface area contributed by atoms with Crippen LogP contribution in [0.15, 0.2) is 9.95 Å². The first kappa shape index (κ1) is 22.4. The highest BCUT2D eigenvalue weighted by Gasteiger charge is 2.17. The van der Waals surface area contributed by atoms with Crippen molar-refractivity contribution in [3.05, 3.63) is 20.8 Å². The first-order valence-corrected chi connectivity index (χ1v) is 11.2. The van der Waals surface area contributed by atoms with Gasteiger partial charge in [0.2, 0.25) is 5.91 Å². The van der Waals surface area contributed by atoms with E-state index in [1.165, 1.54) is 11.3 Å². The lowest BCUT2D eigenvalue weighted by molar-refractivity contribution is -0.117. The van der Waals surface area contributed by atoms with E-state index in [4.69, 9.17) is 0 Å². The van der Waals surface area contributed by atoms with Gasteiger partial charge in [-0.05, 0) is 30.7 Å². The van der Waals surface area contributed by atoms with Gasteiger partial charge >= 0.3 is 6.03 Å². The second-order valence-corrected chi connectivity index (χ2v) is 9.51. The lowest BCUT2D eigenvalue weighted by Gasteiger charge is -2.09. The first-order chi connectivity index (χ1) is 13.2. The highest BCUT2D eigenvalue weighted by Crippen LogP contribution is 2.30. The highest BCUT2D eigenvalue weighted by molar-refractivity contribution is 7.99. The molecule has 154 valence electrons. The molecular formula is C19H28N4O3S2. The Morgan fingerprint density at radius 1 is 1.29 bits per heavy atom. The predicted molar refractivity (Wildman–Crippen MR) is 115 cm³/mol. The van der Waals surface area contributed by atoms with E-state index in [9.17, 15) is 14.4 Å². The number of thioether (sulfide) groups is 1. The maximum Gasteiger partial charge on any atom is 0.321 e. The number of hydrogen-bond acceptors (Lipinski definition) is 6. The summed E-state index contributed by atoms with van der Waals surface area (Å²) < 4.78 is 0. The average molecular weight is 425 g/mol. The van der Waals surface area contributed by atoms with Crippen LogP contribution in [0, 0.1) is 18.8 Å². The molecule has 0 saturated heterocycles. The van der Waals surface area contributed by atoms with Crippen molar-refractivity contribution < 1.29 is 9.59 Å². The molecule has 1 unspecified atom stereocenters. The third-order valence-corrected chi connectivity index (χ3v) is 6.27. The fraction of sp³-hybridized carbons (Fsp3) is 0.579. The van der Waals surface area contributed by atoms with Gasteiger partial charge in [0.25, 0.3) is 5.56 Å². The van der Waals surface area contributed by atoms with Crippen LogP contribution < -0.4 is 16.2 Å². The summed E-state index contributed by atoms with van der Waals surface area (Å²) in [6.07, 6.45) is 1.91. The molecule has 0 spiro atoms. The van der Waals surface area contributed by atoms with Crippen molar-refractivity contribution in [3.8, 4) is 0 Å². The van der Waals surface area contributed by atoms with Gasteiger partial charge in [-0.25, -0.2) is 9.78 Å².